The second kappa shape index (κ2) is 7.89. The maximum atomic E-state index is 13.0. The van der Waals surface area contributed by atoms with Crippen LogP contribution in [-0.2, 0) is 11.2 Å². The number of rotatable bonds is 8. The van der Waals surface area contributed by atoms with Gasteiger partial charge in [0.15, 0.2) is 0 Å². The van der Waals surface area contributed by atoms with Crippen LogP contribution in [0, 0.1) is 11.7 Å². The molecular weight excluding hydrogens is 245 g/mol. The Morgan fingerprint density at radius 1 is 1.47 bits per heavy atom. The topological polar surface area (TPSA) is 63.3 Å². The summed E-state index contributed by atoms with van der Waals surface area (Å²) in [6.07, 6.45) is 3.52. The lowest BCUT2D eigenvalue weighted by Crippen LogP contribution is -2.26. The van der Waals surface area contributed by atoms with E-state index in [1.165, 1.54) is 6.07 Å². The van der Waals surface area contributed by atoms with Crippen molar-refractivity contribution in [3.05, 3.63) is 35.6 Å². The van der Waals surface area contributed by atoms with Crippen molar-refractivity contribution in [3.63, 3.8) is 0 Å². The number of aryl methyl sites for hydroxylation is 1. The number of carboxylic acids is 1. The minimum absolute atomic E-state index is 0.0221. The molecular formula is C15H22FNO2. The summed E-state index contributed by atoms with van der Waals surface area (Å²) in [5.74, 6) is -0.656. The lowest BCUT2D eigenvalue weighted by atomic mass is 9.94. The zero-order chi connectivity index (χ0) is 14.3. The number of benzene rings is 1. The molecule has 0 fully saturated rings. The Labute approximate surface area is 113 Å². The minimum Gasteiger partial charge on any atom is -0.481 e. The van der Waals surface area contributed by atoms with Crippen molar-refractivity contribution in [2.24, 2.45) is 11.7 Å². The van der Waals surface area contributed by atoms with Crippen LogP contribution in [0.2, 0.25) is 0 Å². The fraction of sp³-hybridized carbons (Fsp3) is 0.533. The van der Waals surface area contributed by atoms with Gasteiger partial charge in [-0.3, -0.25) is 4.79 Å². The van der Waals surface area contributed by atoms with Crippen molar-refractivity contribution in [1.29, 1.82) is 0 Å². The lowest BCUT2D eigenvalue weighted by Gasteiger charge is -2.15. The second-order valence-electron chi connectivity index (χ2n) is 5.22. The molecule has 0 aliphatic carbocycles. The van der Waals surface area contributed by atoms with Crippen LogP contribution in [0.25, 0.3) is 0 Å². The van der Waals surface area contributed by atoms with Crippen molar-refractivity contribution in [2.75, 3.05) is 0 Å². The van der Waals surface area contributed by atoms with E-state index in [2.05, 4.69) is 6.92 Å². The number of carbonyl (C=O) groups is 1. The van der Waals surface area contributed by atoms with Gasteiger partial charge in [0.1, 0.15) is 5.82 Å². The first kappa shape index (κ1) is 15.6. The zero-order valence-corrected chi connectivity index (χ0v) is 11.3. The van der Waals surface area contributed by atoms with E-state index < -0.39 is 5.97 Å². The molecule has 0 aliphatic rings. The number of aliphatic carboxylic acids is 1. The fourth-order valence-electron chi connectivity index (χ4n) is 2.29. The summed E-state index contributed by atoms with van der Waals surface area (Å²) in [7, 11) is 0. The van der Waals surface area contributed by atoms with E-state index >= 15 is 0 Å². The van der Waals surface area contributed by atoms with Crippen molar-refractivity contribution in [2.45, 2.75) is 45.1 Å². The van der Waals surface area contributed by atoms with Crippen molar-refractivity contribution in [1.82, 2.24) is 0 Å². The van der Waals surface area contributed by atoms with Crippen LogP contribution < -0.4 is 5.73 Å². The van der Waals surface area contributed by atoms with E-state index in [1.54, 1.807) is 12.1 Å². The Morgan fingerprint density at radius 2 is 2.21 bits per heavy atom. The van der Waals surface area contributed by atoms with Gasteiger partial charge in [0.2, 0.25) is 0 Å². The summed E-state index contributed by atoms with van der Waals surface area (Å²) in [6.45, 7) is 2.08. The highest BCUT2D eigenvalue weighted by Gasteiger charge is 2.12. The van der Waals surface area contributed by atoms with Gasteiger partial charge >= 0.3 is 5.97 Å². The molecule has 3 N–H and O–H groups in total. The number of halogens is 1. The molecule has 0 aromatic heterocycles. The molecule has 0 heterocycles. The van der Waals surface area contributed by atoms with Crippen molar-refractivity contribution < 1.29 is 14.3 Å². The van der Waals surface area contributed by atoms with Gasteiger partial charge in [-0.2, -0.15) is 0 Å². The predicted molar refractivity (Wildman–Crippen MR) is 73.3 cm³/mol. The van der Waals surface area contributed by atoms with Crippen LogP contribution in [0.3, 0.4) is 0 Å². The molecule has 1 unspecified atom stereocenters. The first-order chi connectivity index (χ1) is 8.97. The SMILES string of the molecule is C[C@H](CCCc1cccc(F)c1)CC(N)CC(=O)O. The molecule has 0 aliphatic heterocycles. The monoisotopic (exact) mass is 267 g/mol. The van der Waals surface area contributed by atoms with Crippen LogP contribution in [0.1, 0.15) is 38.2 Å². The van der Waals surface area contributed by atoms with Gasteiger partial charge in [0, 0.05) is 6.04 Å². The molecule has 19 heavy (non-hydrogen) atoms. The van der Waals surface area contributed by atoms with Crippen molar-refractivity contribution in [3.8, 4) is 0 Å². The summed E-state index contributed by atoms with van der Waals surface area (Å²) in [6, 6.07) is 6.36. The minimum atomic E-state index is -0.848. The molecule has 0 saturated heterocycles. The Hall–Kier alpha value is -1.42. The number of nitrogens with two attached hydrogens (primary N) is 1. The lowest BCUT2D eigenvalue weighted by molar-refractivity contribution is -0.137. The molecule has 0 saturated carbocycles. The highest BCUT2D eigenvalue weighted by atomic mass is 19.1. The Morgan fingerprint density at radius 3 is 2.84 bits per heavy atom. The van der Waals surface area contributed by atoms with Crippen LogP contribution >= 0.6 is 0 Å². The van der Waals surface area contributed by atoms with Gasteiger partial charge in [-0.05, 0) is 42.9 Å². The van der Waals surface area contributed by atoms with Gasteiger partial charge in [0.25, 0.3) is 0 Å². The van der Waals surface area contributed by atoms with Crippen LogP contribution in [0.15, 0.2) is 24.3 Å². The summed E-state index contributed by atoms with van der Waals surface area (Å²) in [4.78, 5) is 10.5. The molecule has 106 valence electrons. The quantitative estimate of drug-likeness (QED) is 0.761. The molecule has 1 rings (SSSR count). The third-order valence-corrected chi connectivity index (χ3v) is 3.19. The van der Waals surface area contributed by atoms with Gasteiger partial charge in [0.05, 0.1) is 6.42 Å². The van der Waals surface area contributed by atoms with E-state index in [1.807, 2.05) is 6.07 Å². The third kappa shape index (κ3) is 6.91. The molecule has 1 aromatic carbocycles. The summed E-state index contributed by atoms with van der Waals surface area (Å²) >= 11 is 0. The molecule has 0 radical (unpaired) electrons. The highest BCUT2D eigenvalue weighted by molar-refractivity contribution is 5.67. The van der Waals surface area contributed by atoms with Gasteiger partial charge in [-0.15, -0.1) is 0 Å². The Balaban J connectivity index is 2.23. The summed E-state index contributed by atoms with van der Waals surface area (Å²) in [5, 5.41) is 8.63. The fourth-order valence-corrected chi connectivity index (χ4v) is 2.29. The normalized spacial score (nSPS) is 14.1. The van der Waals surface area contributed by atoms with Crippen LogP contribution in [0.4, 0.5) is 4.39 Å². The standard InChI is InChI=1S/C15H22FNO2/c1-11(8-14(17)10-15(18)19)4-2-5-12-6-3-7-13(16)9-12/h3,6-7,9,11,14H,2,4-5,8,10,17H2,1H3,(H,18,19)/t11-,14?/m1/s1. The van der Waals surface area contributed by atoms with Gasteiger partial charge in [-0.1, -0.05) is 25.5 Å². The smallest absolute Gasteiger partial charge is 0.304 e. The van der Waals surface area contributed by atoms with E-state index in [4.69, 9.17) is 10.8 Å². The highest BCUT2D eigenvalue weighted by Crippen LogP contribution is 2.16. The molecule has 0 spiro atoms. The van der Waals surface area contributed by atoms with E-state index in [-0.39, 0.29) is 18.3 Å². The Kier molecular flexibility index (Phi) is 6.50. The Bertz CT molecular complexity index is 409. The average Bonchev–Trinajstić information content (AvgIpc) is 2.27. The van der Waals surface area contributed by atoms with E-state index in [9.17, 15) is 9.18 Å². The van der Waals surface area contributed by atoms with Crippen LogP contribution in [-0.4, -0.2) is 17.1 Å². The molecule has 1 aromatic rings. The number of hydrogen-bond acceptors (Lipinski definition) is 2. The maximum absolute atomic E-state index is 13.0. The summed E-state index contributed by atoms with van der Waals surface area (Å²) < 4.78 is 13.0. The van der Waals surface area contributed by atoms with Gasteiger partial charge in [-0.25, -0.2) is 4.39 Å². The van der Waals surface area contributed by atoms with E-state index in [0.717, 1.165) is 31.2 Å². The summed E-state index contributed by atoms with van der Waals surface area (Å²) in [5.41, 5.74) is 6.75. The maximum Gasteiger partial charge on any atom is 0.304 e. The molecule has 0 bridgehead atoms. The number of hydrogen-bond donors (Lipinski definition) is 2. The zero-order valence-electron chi connectivity index (χ0n) is 11.3. The average molecular weight is 267 g/mol. The number of carboxylic acid groups (broad SMARTS) is 1. The first-order valence-corrected chi connectivity index (χ1v) is 6.69. The third-order valence-electron chi connectivity index (χ3n) is 3.19. The second-order valence-corrected chi connectivity index (χ2v) is 5.22. The molecule has 3 nitrogen and oxygen atoms in total. The largest absolute Gasteiger partial charge is 0.481 e. The molecule has 4 heteroatoms. The molecule has 0 amide bonds. The molecule has 2 atom stereocenters. The van der Waals surface area contributed by atoms with Crippen LogP contribution in [0.5, 0.6) is 0 Å². The van der Waals surface area contributed by atoms with Crippen molar-refractivity contribution >= 4 is 5.97 Å². The first-order valence-electron chi connectivity index (χ1n) is 6.69. The van der Waals surface area contributed by atoms with E-state index in [0.29, 0.717) is 5.92 Å². The predicted octanol–water partition coefficient (Wildman–Crippen LogP) is 2.98. The van der Waals surface area contributed by atoms with Gasteiger partial charge < -0.3 is 10.8 Å².